The molecule has 0 N–H and O–H groups in total. The minimum Gasteiger partial charge on any atom is -0.462 e. The van der Waals surface area contributed by atoms with Gasteiger partial charge in [0.15, 0.2) is 0 Å². The van der Waals surface area contributed by atoms with E-state index in [-0.39, 0.29) is 24.6 Å². The van der Waals surface area contributed by atoms with Crippen LogP contribution in [0.3, 0.4) is 0 Å². The van der Waals surface area contributed by atoms with Crippen molar-refractivity contribution in [3.63, 3.8) is 0 Å². The molecule has 0 aliphatic carbocycles. The van der Waals surface area contributed by atoms with E-state index in [2.05, 4.69) is 13.8 Å². The van der Waals surface area contributed by atoms with Crippen molar-refractivity contribution in [1.29, 1.82) is 0 Å². The van der Waals surface area contributed by atoms with E-state index in [9.17, 15) is 9.59 Å². The standard InChI is InChI=1S/C39H72O6/c1-4-6-8-10-14-20-26-34-36(44-34)28-22-16-12-18-24-30-38(40)42-32-33(3)43-39(41)31-25-19-13-17-23-29-37-35(45-37)27-21-15-11-9-7-5-2/h33-37H,4-32H2,1-3H3/t33-,34-,35-,36+,37+/m1/s1. The van der Waals surface area contributed by atoms with Gasteiger partial charge in [-0.15, -0.1) is 0 Å². The van der Waals surface area contributed by atoms with Gasteiger partial charge in [-0.1, -0.05) is 142 Å². The smallest absolute Gasteiger partial charge is 0.306 e. The minimum atomic E-state index is -0.390. The second kappa shape index (κ2) is 26.9. The zero-order valence-electron chi connectivity index (χ0n) is 29.8. The lowest BCUT2D eigenvalue weighted by molar-refractivity contribution is -0.158. The molecular formula is C39H72O6. The SMILES string of the molecule is CCCCCCCC[C@H]1O[C@H]1CCCCCCCC(=O)OC[C@@H](C)OC(=O)CCCCCCC[C@@H]1O[C@@H]1CCCCCCCC. The molecule has 0 aromatic carbocycles. The van der Waals surface area contributed by atoms with Crippen LogP contribution in [0.4, 0.5) is 0 Å². The molecule has 264 valence electrons. The summed E-state index contributed by atoms with van der Waals surface area (Å²) in [6.07, 6.45) is 34.7. The Morgan fingerprint density at radius 3 is 1.22 bits per heavy atom. The molecule has 6 heteroatoms. The van der Waals surface area contributed by atoms with Gasteiger partial charge in [-0.25, -0.2) is 0 Å². The third-order valence-corrected chi connectivity index (χ3v) is 9.61. The van der Waals surface area contributed by atoms with Gasteiger partial charge in [-0.05, 0) is 45.4 Å². The van der Waals surface area contributed by atoms with Crippen molar-refractivity contribution < 1.29 is 28.5 Å². The Kier molecular flexibility index (Phi) is 23.9. The summed E-state index contributed by atoms with van der Waals surface area (Å²) in [5.74, 6) is -0.375. The quantitative estimate of drug-likeness (QED) is 0.0405. The first-order chi connectivity index (χ1) is 22.0. The van der Waals surface area contributed by atoms with Crippen LogP contribution in [0.1, 0.15) is 201 Å². The van der Waals surface area contributed by atoms with Crippen LogP contribution in [0, 0.1) is 0 Å². The zero-order chi connectivity index (χ0) is 32.4. The topological polar surface area (TPSA) is 77.7 Å². The number of unbranched alkanes of at least 4 members (excludes halogenated alkanes) is 18. The molecule has 0 spiro atoms. The van der Waals surface area contributed by atoms with Crippen LogP contribution in [0.2, 0.25) is 0 Å². The average Bonchev–Trinajstić information content (AvgIpc) is 3.95. The second-order valence-electron chi connectivity index (χ2n) is 14.1. The molecule has 2 heterocycles. The predicted octanol–water partition coefficient (Wildman–Crippen LogP) is 11.0. The van der Waals surface area contributed by atoms with E-state index in [0.29, 0.717) is 37.3 Å². The van der Waals surface area contributed by atoms with E-state index < -0.39 is 0 Å². The normalized spacial score (nSPS) is 21.0. The third-order valence-electron chi connectivity index (χ3n) is 9.61. The van der Waals surface area contributed by atoms with E-state index in [1.165, 1.54) is 128 Å². The number of hydrogen-bond donors (Lipinski definition) is 0. The molecule has 2 fully saturated rings. The molecule has 0 bridgehead atoms. The first-order valence-corrected chi connectivity index (χ1v) is 19.7. The Balaban J connectivity index is 1.28. The molecule has 2 aliphatic rings. The lowest BCUT2D eigenvalue weighted by Crippen LogP contribution is -2.22. The molecule has 0 aromatic heterocycles. The molecular weight excluding hydrogens is 564 g/mol. The highest BCUT2D eigenvalue weighted by atomic mass is 16.6. The van der Waals surface area contributed by atoms with Gasteiger partial charge in [0.1, 0.15) is 12.7 Å². The van der Waals surface area contributed by atoms with Crippen LogP contribution in [-0.4, -0.2) is 49.1 Å². The van der Waals surface area contributed by atoms with Gasteiger partial charge in [0.05, 0.1) is 24.4 Å². The molecule has 0 amide bonds. The van der Waals surface area contributed by atoms with Gasteiger partial charge in [-0.2, -0.15) is 0 Å². The van der Waals surface area contributed by atoms with Gasteiger partial charge in [0.2, 0.25) is 0 Å². The minimum absolute atomic E-state index is 0.148. The van der Waals surface area contributed by atoms with Crippen molar-refractivity contribution in [2.24, 2.45) is 0 Å². The van der Waals surface area contributed by atoms with Crippen molar-refractivity contribution >= 4 is 11.9 Å². The first-order valence-electron chi connectivity index (χ1n) is 19.7. The van der Waals surface area contributed by atoms with Gasteiger partial charge in [0.25, 0.3) is 0 Å². The van der Waals surface area contributed by atoms with Gasteiger partial charge in [0, 0.05) is 12.8 Å². The summed E-state index contributed by atoms with van der Waals surface area (Å²) >= 11 is 0. The van der Waals surface area contributed by atoms with Crippen molar-refractivity contribution in [2.75, 3.05) is 6.61 Å². The summed E-state index contributed by atoms with van der Waals surface area (Å²) in [7, 11) is 0. The monoisotopic (exact) mass is 637 g/mol. The summed E-state index contributed by atoms with van der Waals surface area (Å²) in [5.41, 5.74) is 0. The van der Waals surface area contributed by atoms with Gasteiger partial charge in [-0.3, -0.25) is 9.59 Å². The Bertz CT molecular complexity index is 726. The molecule has 2 aliphatic heterocycles. The first kappa shape index (κ1) is 40.0. The summed E-state index contributed by atoms with van der Waals surface area (Å²) < 4.78 is 22.5. The molecule has 2 saturated heterocycles. The number of epoxide rings is 2. The number of carbonyl (C=O) groups excluding carboxylic acids is 2. The summed E-state index contributed by atoms with van der Waals surface area (Å²) in [6, 6.07) is 0. The lowest BCUT2D eigenvalue weighted by Gasteiger charge is -2.13. The molecule has 0 aromatic rings. The lowest BCUT2D eigenvalue weighted by atomic mass is 10.0. The number of hydrogen-bond acceptors (Lipinski definition) is 6. The molecule has 0 radical (unpaired) electrons. The summed E-state index contributed by atoms with van der Waals surface area (Å²) in [5, 5.41) is 0. The maximum Gasteiger partial charge on any atom is 0.306 e. The van der Waals surface area contributed by atoms with E-state index in [1.807, 2.05) is 0 Å². The van der Waals surface area contributed by atoms with E-state index in [4.69, 9.17) is 18.9 Å². The highest BCUT2D eigenvalue weighted by molar-refractivity contribution is 5.70. The molecule has 5 atom stereocenters. The molecule has 6 nitrogen and oxygen atoms in total. The molecule has 45 heavy (non-hydrogen) atoms. The number of esters is 2. The predicted molar refractivity (Wildman–Crippen MR) is 184 cm³/mol. The number of carbonyl (C=O) groups is 2. The molecule has 0 unspecified atom stereocenters. The Hall–Kier alpha value is -1.14. The highest BCUT2D eigenvalue weighted by Gasteiger charge is 2.37. The van der Waals surface area contributed by atoms with Crippen molar-refractivity contribution in [3.8, 4) is 0 Å². The van der Waals surface area contributed by atoms with E-state index in [0.717, 1.165) is 38.5 Å². The average molecular weight is 637 g/mol. The Labute approximate surface area is 277 Å². The fraction of sp³-hybridized carbons (Fsp3) is 0.949. The van der Waals surface area contributed by atoms with Crippen molar-refractivity contribution in [3.05, 3.63) is 0 Å². The maximum absolute atomic E-state index is 12.1. The summed E-state index contributed by atoms with van der Waals surface area (Å²) in [6.45, 7) is 6.48. The Morgan fingerprint density at radius 1 is 0.489 bits per heavy atom. The van der Waals surface area contributed by atoms with E-state index in [1.54, 1.807) is 6.92 Å². The molecule has 2 rings (SSSR count). The second-order valence-corrected chi connectivity index (χ2v) is 14.1. The van der Waals surface area contributed by atoms with Crippen LogP contribution in [0.25, 0.3) is 0 Å². The fourth-order valence-corrected chi connectivity index (χ4v) is 6.52. The molecule has 0 saturated carbocycles. The van der Waals surface area contributed by atoms with Gasteiger partial charge >= 0.3 is 11.9 Å². The largest absolute Gasteiger partial charge is 0.462 e. The van der Waals surface area contributed by atoms with Crippen LogP contribution in [-0.2, 0) is 28.5 Å². The summed E-state index contributed by atoms with van der Waals surface area (Å²) in [4.78, 5) is 24.2. The van der Waals surface area contributed by atoms with Crippen LogP contribution >= 0.6 is 0 Å². The Morgan fingerprint density at radius 2 is 0.822 bits per heavy atom. The van der Waals surface area contributed by atoms with Crippen LogP contribution < -0.4 is 0 Å². The van der Waals surface area contributed by atoms with Gasteiger partial charge < -0.3 is 18.9 Å². The van der Waals surface area contributed by atoms with Crippen molar-refractivity contribution in [1.82, 2.24) is 0 Å². The zero-order valence-corrected chi connectivity index (χ0v) is 29.8. The maximum atomic E-state index is 12.1. The third kappa shape index (κ3) is 22.9. The van der Waals surface area contributed by atoms with Crippen LogP contribution in [0.5, 0.6) is 0 Å². The van der Waals surface area contributed by atoms with Crippen LogP contribution in [0.15, 0.2) is 0 Å². The van der Waals surface area contributed by atoms with Crippen molar-refractivity contribution in [2.45, 2.75) is 231 Å². The highest BCUT2D eigenvalue weighted by Crippen LogP contribution is 2.33. The van der Waals surface area contributed by atoms with E-state index >= 15 is 0 Å². The fourth-order valence-electron chi connectivity index (χ4n) is 6.52. The number of ether oxygens (including phenoxy) is 4. The number of rotatable bonds is 33.